The van der Waals surface area contributed by atoms with E-state index in [1.165, 1.54) is 91.6 Å². The minimum Gasteiger partial charge on any atom is -0.372 e. The average Bonchev–Trinajstić information content (AvgIpc) is 2.89. The van der Waals surface area contributed by atoms with Crippen LogP contribution < -0.4 is 5.32 Å². The number of likely N-dealkylation sites (tertiary alicyclic amines) is 1. The number of piperidine rings is 2. The molecular formula is C32H46N2. The van der Waals surface area contributed by atoms with Crippen LogP contribution in [0.25, 0.3) is 11.1 Å². The Kier molecular flexibility index (Phi) is 8.89. The van der Waals surface area contributed by atoms with Gasteiger partial charge in [0.2, 0.25) is 0 Å². The van der Waals surface area contributed by atoms with Crippen LogP contribution in [0, 0.1) is 17.8 Å². The van der Waals surface area contributed by atoms with Crippen LogP contribution in [0.15, 0.2) is 60.8 Å². The van der Waals surface area contributed by atoms with Gasteiger partial charge in [-0.25, -0.2) is 0 Å². The topological polar surface area (TPSA) is 15.3 Å². The molecule has 2 saturated heterocycles. The predicted octanol–water partition coefficient (Wildman–Crippen LogP) is 7.86. The summed E-state index contributed by atoms with van der Waals surface area (Å²) in [4.78, 5) is 2.56. The lowest BCUT2D eigenvalue weighted by Crippen LogP contribution is -2.33. The lowest BCUT2D eigenvalue weighted by Gasteiger charge is -2.37. The smallest absolute Gasteiger partial charge is 0.0369 e. The maximum Gasteiger partial charge on any atom is 0.0369 e. The lowest BCUT2D eigenvalue weighted by molar-refractivity contribution is 0.215. The maximum absolute atomic E-state index is 4.62. The summed E-state index contributed by atoms with van der Waals surface area (Å²) in [6.45, 7) is 18.3. The number of nitrogens with zero attached hydrogens (tertiary/aromatic N) is 1. The summed E-state index contributed by atoms with van der Waals surface area (Å²) >= 11 is 0. The van der Waals surface area contributed by atoms with E-state index in [4.69, 9.17) is 0 Å². The third-order valence-electron chi connectivity index (χ3n) is 8.40. The van der Waals surface area contributed by atoms with Crippen LogP contribution in [-0.4, -0.2) is 31.1 Å². The Labute approximate surface area is 208 Å². The molecule has 2 nitrogen and oxygen atoms in total. The molecular weight excluding hydrogens is 412 g/mol. The number of hydrogen-bond donors (Lipinski definition) is 1. The molecule has 1 aromatic carbocycles. The molecule has 3 aliphatic rings. The highest BCUT2D eigenvalue weighted by Gasteiger charge is 2.25. The molecule has 0 saturated carbocycles. The first-order valence-electron chi connectivity index (χ1n) is 13.9. The van der Waals surface area contributed by atoms with Crippen molar-refractivity contribution in [3.8, 4) is 0 Å². The van der Waals surface area contributed by atoms with E-state index >= 15 is 0 Å². The van der Waals surface area contributed by atoms with Crippen molar-refractivity contribution in [2.45, 2.75) is 71.6 Å². The lowest BCUT2D eigenvalue weighted by atomic mass is 9.83. The summed E-state index contributed by atoms with van der Waals surface area (Å²) in [7, 11) is 0. The number of rotatable bonds is 9. The molecule has 4 rings (SSSR count). The van der Waals surface area contributed by atoms with Crippen LogP contribution in [0.2, 0.25) is 0 Å². The Morgan fingerprint density at radius 1 is 0.941 bits per heavy atom. The van der Waals surface area contributed by atoms with Crippen molar-refractivity contribution in [3.05, 3.63) is 72.0 Å². The Bertz CT molecular complexity index is 905. The van der Waals surface area contributed by atoms with Gasteiger partial charge in [-0.15, -0.1) is 0 Å². The molecule has 1 aromatic rings. The second kappa shape index (κ2) is 12.1. The minimum absolute atomic E-state index is 0.440. The van der Waals surface area contributed by atoms with Crippen molar-refractivity contribution < 1.29 is 0 Å². The van der Waals surface area contributed by atoms with Gasteiger partial charge in [0.05, 0.1) is 0 Å². The molecule has 0 aromatic heterocycles. The summed E-state index contributed by atoms with van der Waals surface area (Å²) in [6, 6.07) is 8.82. The van der Waals surface area contributed by atoms with Gasteiger partial charge in [-0.3, -0.25) is 0 Å². The summed E-state index contributed by atoms with van der Waals surface area (Å²) in [5.41, 5.74) is 7.76. The zero-order valence-corrected chi connectivity index (χ0v) is 21.7. The third kappa shape index (κ3) is 6.13. The van der Waals surface area contributed by atoms with Crippen molar-refractivity contribution in [1.82, 2.24) is 10.2 Å². The normalized spacial score (nSPS) is 20.3. The van der Waals surface area contributed by atoms with Crippen molar-refractivity contribution in [2.24, 2.45) is 17.8 Å². The highest BCUT2D eigenvalue weighted by atomic mass is 15.1. The van der Waals surface area contributed by atoms with E-state index in [-0.39, 0.29) is 0 Å². The number of allylic oxidation sites excluding steroid dienone is 4. The fraction of sp³-hybridized carbons (Fsp3) is 0.562. The minimum atomic E-state index is 0.440. The van der Waals surface area contributed by atoms with Crippen LogP contribution in [0.3, 0.4) is 0 Å². The first kappa shape index (κ1) is 25.0. The number of nitrogens with one attached hydrogen (secondary N) is 1. The standard InChI is InChI=1S/C32H46N2/c1-24(2)25(3)29-12-5-7-14-31(29)32-15-8-6-13-30(32)26(4)34-22-18-28(19-23-34)11-9-10-27-16-20-33-21-17-27/h5,7,12-15,24,27-28,33H,3-4,6,8-11,16-23H2,1-2H3. The summed E-state index contributed by atoms with van der Waals surface area (Å²) in [5.74, 6) is 2.31. The van der Waals surface area contributed by atoms with Crippen molar-refractivity contribution in [3.63, 3.8) is 0 Å². The third-order valence-corrected chi connectivity index (χ3v) is 8.40. The van der Waals surface area contributed by atoms with E-state index in [2.05, 4.69) is 73.6 Å². The molecule has 2 heteroatoms. The molecule has 0 spiro atoms. The molecule has 0 unspecified atom stereocenters. The van der Waals surface area contributed by atoms with Gasteiger partial charge in [-0.2, -0.15) is 0 Å². The Balaban J connectivity index is 1.35. The zero-order valence-electron chi connectivity index (χ0n) is 21.7. The van der Waals surface area contributed by atoms with E-state index in [1.54, 1.807) is 0 Å². The SMILES string of the molecule is C=C(c1ccccc1C1=CCCC=C1C(=C)N1CCC(CCCC2CCNCC2)CC1)C(C)C. The summed E-state index contributed by atoms with van der Waals surface area (Å²) in [5, 5.41) is 3.50. The number of hydrogen-bond acceptors (Lipinski definition) is 2. The molecule has 0 amide bonds. The van der Waals surface area contributed by atoms with Gasteiger partial charge >= 0.3 is 0 Å². The highest BCUT2D eigenvalue weighted by Crippen LogP contribution is 2.39. The monoisotopic (exact) mass is 458 g/mol. The van der Waals surface area contributed by atoms with Gasteiger partial charge in [-0.1, -0.05) is 82.7 Å². The molecule has 2 fully saturated rings. The van der Waals surface area contributed by atoms with Gasteiger partial charge in [0.15, 0.2) is 0 Å². The average molecular weight is 459 g/mol. The van der Waals surface area contributed by atoms with E-state index in [0.29, 0.717) is 5.92 Å². The Morgan fingerprint density at radius 2 is 1.59 bits per heavy atom. The van der Waals surface area contributed by atoms with Crippen molar-refractivity contribution in [1.29, 1.82) is 0 Å². The van der Waals surface area contributed by atoms with Gasteiger partial charge in [0.1, 0.15) is 0 Å². The van der Waals surface area contributed by atoms with Crippen LogP contribution >= 0.6 is 0 Å². The molecule has 2 heterocycles. The van der Waals surface area contributed by atoms with Gasteiger partial charge < -0.3 is 10.2 Å². The van der Waals surface area contributed by atoms with Crippen LogP contribution in [0.1, 0.15) is 82.8 Å². The van der Waals surface area contributed by atoms with E-state index in [9.17, 15) is 0 Å². The van der Waals surface area contributed by atoms with Crippen LogP contribution in [-0.2, 0) is 0 Å². The van der Waals surface area contributed by atoms with E-state index < -0.39 is 0 Å². The molecule has 34 heavy (non-hydrogen) atoms. The fourth-order valence-electron chi connectivity index (χ4n) is 6.04. The largest absolute Gasteiger partial charge is 0.372 e. The predicted molar refractivity (Wildman–Crippen MR) is 148 cm³/mol. The molecule has 0 radical (unpaired) electrons. The molecule has 0 bridgehead atoms. The molecule has 1 aliphatic carbocycles. The van der Waals surface area contributed by atoms with Gasteiger partial charge in [0, 0.05) is 24.4 Å². The zero-order chi connectivity index (χ0) is 23.9. The molecule has 2 aliphatic heterocycles. The second-order valence-corrected chi connectivity index (χ2v) is 11.0. The maximum atomic E-state index is 4.62. The molecule has 0 atom stereocenters. The van der Waals surface area contributed by atoms with Crippen molar-refractivity contribution >= 4 is 11.1 Å². The van der Waals surface area contributed by atoms with E-state index in [1.807, 2.05) is 0 Å². The van der Waals surface area contributed by atoms with Crippen molar-refractivity contribution in [2.75, 3.05) is 26.2 Å². The number of benzene rings is 1. The van der Waals surface area contributed by atoms with Gasteiger partial charge in [-0.05, 0) is 91.6 Å². The first-order valence-corrected chi connectivity index (χ1v) is 13.9. The molecule has 184 valence electrons. The summed E-state index contributed by atoms with van der Waals surface area (Å²) < 4.78 is 0. The van der Waals surface area contributed by atoms with Gasteiger partial charge in [0.25, 0.3) is 0 Å². The van der Waals surface area contributed by atoms with Crippen LogP contribution in [0.4, 0.5) is 0 Å². The Morgan fingerprint density at radius 3 is 2.29 bits per heavy atom. The first-order chi connectivity index (χ1) is 16.5. The quantitative estimate of drug-likeness (QED) is 0.405. The summed E-state index contributed by atoms with van der Waals surface area (Å²) in [6.07, 6.45) is 16.8. The van der Waals surface area contributed by atoms with Crippen LogP contribution in [0.5, 0.6) is 0 Å². The molecule has 1 N–H and O–H groups in total. The highest BCUT2D eigenvalue weighted by molar-refractivity contribution is 5.89. The van der Waals surface area contributed by atoms with E-state index in [0.717, 1.165) is 37.8 Å². The second-order valence-electron chi connectivity index (χ2n) is 11.0. The Hall–Kier alpha value is -2.06. The fourth-order valence-corrected chi connectivity index (χ4v) is 6.04.